The number of nitrogens with zero attached hydrogens (tertiary/aromatic N) is 1. The van der Waals surface area contributed by atoms with Gasteiger partial charge in [0.1, 0.15) is 0 Å². The number of hydrogen-bond donors (Lipinski definition) is 1. The third-order valence-corrected chi connectivity index (χ3v) is 4.69. The van der Waals surface area contributed by atoms with Gasteiger partial charge in [0, 0.05) is 13.1 Å². The van der Waals surface area contributed by atoms with Gasteiger partial charge in [-0.2, -0.15) is 0 Å². The zero-order chi connectivity index (χ0) is 14.6. The van der Waals surface area contributed by atoms with Crippen LogP contribution in [0.15, 0.2) is 30.3 Å². The topological polar surface area (TPSA) is 40.5 Å². The summed E-state index contributed by atoms with van der Waals surface area (Å²) in [6, 6.07) is 10.5. The fourth-order valence-corrected chi connectivity index (χ4v) is 3.27. The van der Waals surface area contributed by atoms with Crippen LogP contribution in [0.1, 0.15) is 44.6 Å². The fraction of sp³-hybridized carbons (Fsp3) is 0.588. The maximum Gasteiger partial charge on any atom is 0.310 e. The lowest BCUT2D eigenvalue weighted by Gasteiger charge is -2.40. The minimum Gasteiger partial charge on any atom is -0.481 e. The van der Waals surface area contributed by atoms with Crippen LogP contribution in [-0.4, -0.2) is 35.6 Å². The first-order valence-electron chi connectivity index (χ1n) is 7.58. The van der Waals surface area contributed by atoms with Crippen LogP contribution < -0.4 is 0 Å². The Morgan fingerprint density at radius 2 is 2.10 bits per heavy atom. The molecule has 2 rings (SSSR count). The molecular formula is C17H25NO2. The van der Waals surface area contributed by atoms with E-state index < -0.39 is 11.4 Å². The number of rotatable bonds is 5. The minimum atomic E-state index is -0.628. The molecule has 0 aromatic heterocycles. The summed E-state index contributed by atoms with van der Waals surface area (Å²) in [4.78, 5) is 13.9. The van der Waals surface area contributed by atoms with Crippen LogP contribution >= 0.6 is 0 Å². The van der Waals surface area contributed by atoms with Crippen molar-refractivity contribution >= 4 is 5.97 Å². The SMILES string of the molecule is CCC1(C(=O)O)CCCN(CC(C)c2ccccc2)C1. The summed E-state index contributed by atoms with van der Waals surface area (Å²) in [5.74, 6) is -0.185. The highest BCUT2D eigenvalue weighted by Crippen LogP contribution is 2.34. The molecule has 1 aromatic rings. The first kappa shape index (κ1) is 15.0. The average molecular weight is 275 g/mol. The highest BCUT2D eigenvalue weighted by Gasteiger charge is 2.40. The van der Waals surface area contributed by atoms with E-state index in [9.17, 15) is 9.90 Å². The number of piperidine rings is 1. The standard InChI is InChI=1S/C17H25NO2/c1-3-17(16(19)20)10-7-11-18(13-17)12-14(2)15-8-5-4-6-9-15/h4-6,8-9,14H,3,7,10-13H2,1-2H3,(H,19,20). The summed E-state index contributed by atoms with van der Waals surface area (Å²) in [5, 5.41) is 9.53. The van der Waals surface area contributed by atoms with Crippen LogP contribution in [0.2, 0.25) is 0 Å². The molecule has 0 spiro atoms. The highest BCUT2D eigenvalue weighted by molar-refractivity contribution is 5.75. The third-order valence-electron chi connectivity index (χ3n) is 4.69. The monoisotopic (exact) mass is 275 g/mol. The summed E-state index contributed by atoms with van der Waals surface area (Å²) in [5.41, 5.74) is 0.796. The molecule has 1 aliphatic heterocycles. The Bertz CT molecular complexity index is 446. The van der Waals surface area contributed by atoms with Gasteiger partial charge >= 0.3 is 5.97 Å². The average Bonchev–Trinajstić information content (AvgIpc) is 2.48. The zero-order valence-electron chi connectivity index (χ0n) is 12.5. The molecule has 20 heavy (non-hydrogen) atoms. The Hall–Kier alpha value is -1.35. The van der Waals surface area contributed by atoms with Crippen LogP contribution in [0, 0.1) is 5.41 Å². The molecule has 1 heterocycles. The summed E-state index contributed by atoms with van der Waals surface area (Å²) in [6.07, 6.45) is 2.52. The van der Waals surface area contributed by atoms with Gasteiger partial charge in [-0.05, 0) is 37.3 Å². The largest absolute Gasteiger partial charge is 0.481 e. The molecule has 1 aromatic carbocycles. The summed E-state index contributed by atoms with van der Waals surface area (Å²) in [6.45, 7) is 6.87. The van der Waals surface area contributed by atoms with E-state index in [0.717, 1.165) is 32.4 Å². The Balaban J connectivity index is 2.01. The van der Waals surface area contributed by atoms with Crippen LogP contribution in [-0.2, 0) is 4.79 Å². The fourth-order valence-electron chi connectivity index (χ4n) is 3.27. The Morgan fingerprint density at radius 1 is 1.40 bits per heavy atom. The number of likely N-dealkylation sites (tertiary alicyclic amines) is 1. The number of carboxylic acid groups (broad SMARTS) is 1. The molecule has 2 unspecified atom stereocenters. The number of hydrogen-bond acceptors (Lipinski definition) is 2. The third kappa shape index (κ3) is 3.21. The van der Waals surface area contributed by atoms with Crippen LogP contribution in [0.4, 0.5) is 0 Å². The molecule has 2 atom stereocenters. The van der Waals surface area contributed by atoms with Crippen LogP contribution in [0.25, 0.3) is 0 Å². The van der Waals surface area contributed by atoms with Crippen LogP contribution in [0.5, 0.6) is 0 Å². The molecular weight excluding hydrogens is 250 g/mol. The predicted octanol–water partition coefficient (Wildman–Crippen LogP) is 3.37. The van der Waals surface area contributed by atoms with E-state index in [2.05, 4.69) is 36.1 Å². The molecule has 1 N–H and O–H groups in total. The smallest absolute Gasteiger partial charge is 0.310 e. The molecule has 110 valence electrons. The molecule has 0 bridgehead atoms. The lowest BCUT2D eigenvalue weighted by molar-refractivity contribution is -0.153. The van der Waals surface area contributed by atoms with E-state index in [-0.39, 0.29) is 0 Å². The lowest BCUT2D eigenvalue weighted by Crippen LogP contribution is -2.48. The van der Waals surface area contributed by atoms with E-state index in [1.165, 1.54) is 5.56 Å². The van der Waals surface area contributed by atoms with Gasteiger partial charge in [0.15, 0.2) is 0 Å². The maximum absolute atomic E-state index is 11.6. The summed E-state index contributed by atoms with van der Waals surface area (Å²) >= 11 is 0. The molecule has 1 aliphatic rings. The van der Waals surface area contributed by atoms with Gasteiger partial charge in [-0.1, -0.05) is 44.2 Å². The number of benzene rings is 1. The zero-order valence-corrected chi connectivity index (χ0v) is 12.5. The lowest BCUT2D eigenvalue weighted by atomic mass is 9.77. The Labute approximate surface area is 121 Å². The van der Waals surface area contributed by atoms with Crippen molar-refractivity contribution in [1.29, 1.82) is 0 Å². The highest BCUT2D eigenvalue weighted by atomic mass is 16.4. The number of aliphatic carboxylic acids is 1. The van der Waals surface area contributed by atoms with E-state index >= 15 is 0 Å². The minimum absolute atomic E-state index is 0.442. The van der Waals surface area contributed by atoms with Gasteiger partial charge in [0.05, 0.1) is 5.41 Å². The molecule has 3 nitrogen and oxygen atoms in total. The number of carboxylic acids is 1. The second kappa shape index (κ2) is 6.40. The van der Waals surface area contributed by atoms with E-state index in [1.807, 2.05) is 13.0 Å². The van der Waals surface area contributed by atoms with Crippen molar-refractivity contribution < 1.29 is 9.90 Å². The molecule has 1 fully saturated rings. The van der Waals surface area contributed by atoms with Crippen molar-refractivity contribution in [3.05, 3.63) is 35.9 Å². The summed E-state index contributed by atoms with van der Waals surface area (Å²) in [7, 11) is 0. The van der Waals surface area contributed by atoms with Crippen molar-refractivity contribution in [3.63, 3.8) is 0 Å². The second-order valence-corrected chi connectivity index (χ2v) is 6.09. The van der Waals surface area contributed by atoms with Crippen molar-refractivity contribution in [1.82, 2.24) is 4.90 Å². The Kier molecular flexibility index (Phi) is 4.81. The Morgan fingerprint density at radius 3 is 2.70 bits per heavy atom. The van der Waals surface area contributed by atoms with E-state index in [4.69, 9.17) is 0 Å². The van der Waals surface area contributed by atoms with Gasteiger partial charge in [-0.25, -0.2) is 0 Å². The summed E-state index contributed by atoms with van der Waals surface area (Å²) < 4.78 is 0. The van der Waals surface area contributed by atoms with Gasteiger partial charge in [0.25, 0.3) is 0 Å². The van der Waals surface area contributed by atoms with Crippen molar-refractivity contribution in [2.24, 2.45) is 5.41 Å². The molecule has 0 aliphatic carbocycles. The maximum atomic E-state index is 11.6. The van der Waals surface area contributed by atoms with Crippen molar-refractivity contribution in [2.75, 3.05) is 19.6 Å². The van der Waals surface area contributed by atoms with Gasteiger partial charge < -0.3 is 10.0 Å². The second-order valence-electron chi connectivity index (χ2n) is 6.09. The van der Waals surface area contributed by atoms with Crippen LogP contribution in [0.3, 0.4) is 0 Å². The molecule has 3 heteroatoms. The predicted molar refractivity (Wildman–Crippen MR) is 80.9 cm³/mol. The molecule has 0 amide bonds. The quantitative estimate of drug-likeness (QED) is 0.895. The van der Waals surface area contributed by atoms with E-state index in [0.29, 0.717) is 12.5 Å². The van der Waals surface area contributed by atoms with Gasteiger partial charge in [-0.3, -0.25) is 4.79 Å². The van der Waals surface area contributed by atoms with E-state index in [1.54, 1.807) is 0 Å². The molecule has 1 saturated heterocycles. The van der Waals surface area contributed by atoms with Crippen molar-refractivity contribution in [2.45, 2.75) is 39.0 Å². The molecule has 0 saturated carbocycles. The number of carbonyl (C=O) groups is 1. The van der Waals surface area contributed by atoms with Gasteiger partial charge in [-0.15, -0.1) is 0 Å². The first-order chi connectivity index (χ1) is 9.57. The van der Waals surface area contributed by atoms with Crippen molar-refractivity contribution in [3.8, 4) is 0 Å². The van der Waals surface area contributed by atoms with Gasteiger partial charge in [0.2, 0.25) is 0 Å². The first-order valence-corrected chi connectivity index (χ1v) is 7.58. The normalized spacial score (nSPS) is 25.3. The molecule has 0 radical (unpaired) electrons.